The average Bonchev–Trinajstić information content (AvgIpc) is 2.87. The third-order valence-corrected chi connectivity index (χ3v) is 3.37. The normalized spacial score (nSPS) is 13.3. The van der Waals surface area contributed by atoms with Gasteiger partial charge in [-0.3, -0.25) is 0 Å². The van der Waals surface area contributed by atoms with Crippen LogP contribution in [0.15, 0.2) is 36.4 Å². The van der Waals surface area contributed by atoms with Gasteiger partial charge in [-0.15, -0.1) is 0 Å². The fraction of sp³-hybridized carbons (Fsp3) is 0.294. The lowest BCUT2D eigenvalue weighted by molar-refractivity contribution is 0.174. The molecule has 1 heterocycles. The maximum absolute atomic E-state index is 14.2. The van der Waals surface area contributed by atoms with Crippen molar-refractivity contribution in [2.45, 2.75) is 26.2 Å². The molecule has 3 rings (SSSR count). The van der Waals surface area contributed by atoms with Crippen molar-refractivity contribution in [1.29, 1.82) is 0 Å². The highest BCUT2D eigenvalue weighted by Crippen LogP contribution is 2.37. The summed E-state index contributed by atoms with van der Waals surface area (Å²) in [6.45, 7) is 6.33. The van der Waals surface area contributed by atoms with E-state index in [0.717, 1.165) is 5.56 Å². The monoisotopic (exact) mass is 288 g/mol. The Balaban J connectivity index is 1.85. The maximum Gasteiger partial charge on any atom is 0.231 e. The Morgan fingerprint density at radius 2 is 1.76 bits per heavy atom. The summed E-state index contributed by atoms with van der Waals surface area (Å²) in [5.41, 5.74) is 0.830. The Morgan fingerprint density at radius 3 is 2.48 bits per heavy atom. The number of fused-ring (bicyclic) bond motifs is 1. The molecule has 2 aromatic rings. The van der Waals surface area contributed by atoms with Crippen molar-refractivity contribution in [3.05, 3.63) is 47.8 Å². The van der Waals surface area contributed by atoms with E-state index in [1.807, 2.05) is 26.8 Å². The molecule has 0 fully saturated rings. The zero-order valence-electron chi connectivity index (χ0n) is 12.3. The molecule has 110 valence electrons. The van der Waals surface area contributed by atoms with Gasteiger partial charge in [0.2, 0.25) is 6.79 Å². The van der Waals surface area contributed by atoms with Crippen LogP contribution in [0.1, 0.15) is 26.3 Å². The first-order valence-corrected chi connectivity index (χ1v) is 6.81. The van der Waals surface area contributed by atoms with E-state index < -0.39 is 0 Å². The third kappa shape index (κ3) is 2.79. The van der Waals surface area contributed by atoms with E-state index in [4.69, 9.17) is 14.2 Å². The van der Waals surface area contributed by atoms with Crippen LogP contribution in [0.5, 0.6) is 23.0 Å². The number of rotatable bonds is 2. The van der Waals surface area contributed by atoms with Crippen LogP contribution >= 0.6 is 0 Å². The highest BCUT2D eigenvalue weighted by atomic mass is 19.1. The summed E-state index contributed by atoms with van der Waals surface area (Å²) in [5, 5.41) is 0. The first-order chi connectivity index (χ1) is 9.93. The van der Waals surface area contributed by atoms with Gasteiger partial charge in [0.15, 0.2) is 23.1 Å². The minimum Gasteiger partial charge on any atom is -0.454 e. The van der Waals surface area contributed by atoms with E-state index in [1.54, 1.807) is 24.3 Å². The summed E-state index contributed by atoms with van der Waals surface area (Å²) < 4.78 is 30.3. The fourth-order valence-electron chi connectivity index (χ4n) is 2.12. The second kappa shape index (κ2) is 4.95. The Hall–Kier alpha value is -2.23. The molecule has 2 aromatic carbocycles. The molecule has 0 spiro atoms. The molecule has 0 amide bonds. The van der Waals surface area contributed by atoms with Crippen LogP contribution in [0, 0.1) is 5.82 Å². The summed E-state index contributed by atoms with van der Waals surface area (Å²) in [6, 6.07) is 10.2. The van der Waals surface area contributed by atoms with Crippen molar-refractivity contribution in [3.8, 4) is 23.0 Å². The van der Waals surface area contributed by atoms with Gasteiger partial charge in [0.25, 0.3) is 0 Å². The maximum atomic E-state index is 14.2. The summed E-state index contributed by atoms with van der Waals surface area (Å²) in [4.78, 5) is 0. The van der Waals surface area contributed by atoms with Crippen LogP contribution in [-0.2, 0) is 5.41 Å². The molecule has 1 aliphatic rings. The van der Waals surface area contributed by atoms with Gasteiger partial charge < -0.3 is 14.2 Å². The van der Waals surface area contributed by atoms with Gasteiger partial charge in [-0.1, -0.05) is 26.8 Å². The zero-order valence-corrected chi connectivity index (χ0v) is 12.3. The van der Waals surface area contributed by atoms with Crippen LogP contribution in [0.3, 0.4) is 0 Å². The van der Waals surface area contributed by atoms with Crippen molar-refractivity contribution in [2.75, 3.05) is 6.79 Å². The highest BCUT2D eigenvalue weighted by molar-refractivity contribution is 5.48. The Labute approximate surface area is 123 Å². The Morgan fingerprint density at radius 1 is 1.00 bits per heavy atom. The topological polar surface area (TPSA) is 27.7 Å². The van der Waals surface area contributed by atoms with Crippen molar-refractivity contribution in [3.63, 3.8) is 0 Å². The molecule has 0 saturated heterocycles. The van der Waals surface area contributed by atoms with Crippen molar-refractivity contribution in [1.82, 2.24) is 0 Å². The molecule has 0 N–H and O–H groups in total. The van der Waals surface area contributed by atoms with Crippen LogP contribution in [-0.4, -0.2) is 6.79 Å². The highest BCUT2D eigenvalue weighted by Gasteiger charge is 2.18. The van der Waals surface area contributed by atoms with Gasteiger partial charge in [0, 0.05) is 6.07 Å². The Kier molecular flexibility index (Phi) is 3.24. The SMILES string of the molecule is CC(C)(C)c1ccc(Oc2ccc3c(c2)OCO3)c(F)c1. The lowest BCUT2D eigenvalue weighted by Crippen LogP contribution is -2.11. The molecule has 0 aromatic heterocycles. The zero-order chi connectivity index (χ0) is 15.0. The molecule has 4 heteroatoms. The number of hydrogen-bond acceptors (Lipinski definition) is 3. The van der Waals surface area contributed by atoms with Gasteiger partial charge in [-0.2, -0.15) is 0 Å². The molecule has 21 heavy (non-hydrogen) atoms. The van der Waals surface area contributed by atoms with E-state index >= 15 is 0 Å². The molecule has 0 radical (unpaired) electrons. The van der Waals surface area contributed by atoms with E-state index in [2.05, 4.69) is 0 Å². The summed E-state index contributed by atoms with van der Waals surface area (Å²) >= 11 is 0. The van der Waals surface area contributed by atoms with Gasteiger partial charge in [-0.05, 0) is 35.2 Å². The van der Waals surface area contributed by atoms with Crippen molar-refractivity contribution >= 4 is 0 Å². The first kappa shape index (κ1) is 13.7. The average molecular weight is 288 g/mol. The molecule has 3 nitrogen and oxygen atoms in total. The molecule has 1 aliphatic heterocycles. The number of ether oxygens (including phenoxy) is 3. The molecule has 0 unspecified atom stereocenters. The van der Waals surface area contributed by atoms with Crippen LogP contribution < -0.4 is 14.2 Å². The minimum absolute atomic E-state index is 0.0991. The largest absolute Gasteiger partial charge is 0.454 e. The standard InChI is InChI=1S/C17H17FO3/c1-17(2,3)11-4-6-14(13(18)8-11)21-12-5-7-15-16(9-12)20-10-19-15/h4-9H,10H2,1-3H3. The molecule has 0 saturated carbocycles. The third-order valence-electron chi connectivity index (χ3n) is 3.37. The van der Waals surface area contributed by atoms with E-state index in [1.165, 1.54) is 6.07 Å². The molecular weight excluding hydrogens is 271 g/mol. The smallest absolute Gasteiger partial charge is 0.231 e. The number of benzene rings is 2. The summed E-state index contributed by atoms with van der Waals surface area (Å²) in [5.74, 6) is 1.62. The van der Waals surface area contributed by atoms with Crippen LogP contribution in [0.4, 0.5) is 4.39 Å². The van der Waals surface area contributed by atoms with Crippen LogP contribution in [0.2, 0.25) is 0 Å². The van der Waals surface area contributed by atoms with E-state index in [-0.39, 0.29) is 23.8 Å². The van der Waals surface area contributed by atoms with Gasteiger partial charge in [-0.25, -0.2) is 4.39 Å². The van der Waals surface area contributed by atoms with Gasteiger partial charge in [0.05, 0.1) is 0 Å². The quantitative estimate of drug-likeness (QED) is 0.805. The van der Waals surface area contributed by atoms with Crippen molar-refractivity contribution < 1.29 is 18.6 Å². The predicted octanol–water partition coefficient (Wildman–Crippen LogP) is 4.64. The minimum atomic E-state index is -0.375. The molecular formula is C17H17FO3. The van der Waals surface area contributed by atoms with Gasteiger partial charge >= 0.3 is 0 Å². The van der Waals surface area contributed by atoms with E-state index in [0.29, 0.717) is 17.2 Å². The lowest BCUT2D eigenvalue weighted by atomic mass is 9.87. The van der Waals surface area contributed by atoms with Gasteiger partial charge in [0.1, 0.15) is 5.75 Å². The first-order valence-electron chi connectivity index (χ1n) is 6.81. The molecule has 0 atom stereocenters. The molecule has 0 bridgehead atoms. The van der Waals surface area contributed by atoms with Crippen LogP contribution in [0.25, 0.3) is 0 Å². The lowest BCUT2D eigenvalue weighted by Gasteiger charge is -2.19. The Bertz CT molecular complexity index is 674. The summed E-state index contributed by atoms with van der Waals surface area (Å²) in [7, 11) is 0. The molecule has 0 aliphatic carbocycles. The number of halogens is 1. The fourth-order valence-corrected chi connectivity index (χ4v) is 2.12. The summed E-state index contributed by atoms with van der Waals surface area (Å²) in [6.07, 6.45) is 0. The number of hydrogen-bond donors (Lipinski definition) is 0. The predicted molar refractivity (Wildman–Crippen MR) is 77.7 cm³/mol. The second-order valence-electron chi connectivity index (χ2n) is 6.01. The van der Waals surface area contributed by atoms with E-state index in [9.17, 15) is 4.39 Å². The second-order valence-corrected chi connectivity index (χ2v) is 6.01. The van der Waals surface area contributed by atoms with Crippen molar-refractivity contribution in [2.24, 2.45) is 0 Å².